The zero-order valence-corrected chi connectivity index (χ0v) is 20.7. The van der Waals surface area contributed by atoms with Gasteiger partial charge in [0.2, 0.25) is 5.82 Å². The largest absolute Gasteiger partial charge is 0.328 e. The van der Waals surface area contributed by atoms with E-state index in [2.05, 4.69) is 71.0 Å². The highest BCUT2D eigenvalue weighted by Gasteiger charge is 2.21. The molecule has 5 rings (SSSR count). The number of hydrogen-bond donors (Lipinski definition) is 1. The van der Waals surface area contributed by atoms with Crippen molar-refractivity contribution in [1.29, 1.82) is 0 Å². The summed E-state index contributed by atoms with van der Waals surface area (Å²) in [5.41, 5.74) is 5.49. The predicted molar refractivity (Wildman–Crippen MR) is 138 cm³/mol. The molecule has 0 spiro atoms. The van der Waals surface area contributed by atoms with Gasteiger partial charge >= 0.3 is 5.69 Å². The maximum Gasteiger partial charge on any atom is 0.328 e. The standard InChI is InChI=1S/C28H34N6O/c1-20(2)12-17-24-19-34(23-8-4-3-5-9-23)28(35)33(24)18-21-13-15-22(16-14-21)25-10-6-7-11-26(25)27-29-31-32-30-27/h6-7,10-11,13-16,19-20,23H,3-5,8-9,12,17-18H2,1-2H3,(H,29,30,31,32). The van der Waals surface area contributed by atoms with Gasteiger partial charge in [0.05, 0.1) is 6.54 Å². The molecule has 0 amide bonds. The van der Waals surface area contributed by atoms with E-state index in [1.54, 1.807) is 0 Å². The average Bonchev–Trinajstić information content (AvgIpc) is 3.53. The normalized spacial score (nSPS) is 14.6. The zero-order chi connectivity index (χ0) is 24.2. The second kappa shape index (κ2) is 10.4. The lowest BCUT2D eigenvalue weighted by Crippen LogP contribution is -2.29. The molecule has 1 saturated carbocycles. The highest BCUT2D eigenvalue weighted by atomic mass is 16.1. The van der Waals surface area contributed by atoms with Crippen LogP contribution < -0.4 is 5.69 Å². The molecular weight excluding hydrogens is 436 g/mol. The third-order valence-electron chi connectivity index (χ3n) is 7.15. The van der Waals surface area contributed by atoms with Crippen LogP contribution in [0.15, 0.2) is 59.5 Å². The summed E-state index contributed by atoms with van der Waals surface area (Å²) in [6.45, 7) is 5.08. The molecule has 1 aliphatic rings. The minimum Gasteiger partial charge on any atom is -0.296 e. The van der Waals surface area contributed by atoms with Gasteiger partial charge in [-0.2, -0.15) is 5.21 Å². The molecule has 7 nitrogen and oxygen atoms in total. The molecule has 1 N–H and O–H groups in total. The molecule has 1 fully saturated rings. The Morgan fingerprint density at radius 2 is 1.74 bits per heavy atom. The van der Waals surface area contributed by atoms with Crippen LogP contribution in [0.25, 0.3) is 22.5 Å². The SMILES string of the molecule is CC(C)CCc1cn(C2CCCCC2)c(=O)n1Cc1ccc(-c2ccccc2-c2nn[nH]n2)cc1. The van der Waals surface area contributed by atoms with Gasteiger partial charge in [-0.3, -0.25) is 9.13 Å². The minimum atomic E-state index is 0.141. The first kappa shape index (κ1) is 23.3. The zero-order valence-electron chi connectivity index (χ0n) is 20.7. The molecule has 2 heterocycles. The van der Waals surface area contributed by atoms with Crippen molar-refractivity contribution in [1.82, 2.24) is 29.8 Å². The topological polar surface area (TPSA) is 81.4 Å². The van der Waals surface area contributed by atoms with Gasteiger partial charge in [0.25, 0.3) is 0 Å². The molecule has 0 saturated heterocycles. The summed E-state index contributed by atoms with van der Waals surface area (Å²) in [4.78, 5) is 13.5. The Bertz CT molecular complexity index is 1290. The third-order valence-corrected chi connectivity index (χ3v) is 7.15. The van der Waals surface area contributed by atoms with Crippen molar-refractivity contribution >= 4 is 0 Å². The van der Waals surface area contributed by atoms with Gasteiger partial charge in [0.15, 0.2) is 0 Å². The Balaban J connectivity index is 1.42. The van der Waals surface area contributed by atoms with Gasteiger partial charge in [0, 0.05) is 23.5 Å². The molecule has 0 atom stereocenters. The molecule has 7 heteroatoms. The fourth-order valence-corrected chi connectivity index (χ4v) is 5.15. The molecule has 0 aliphatic heterocycles. The fraction of sp³-hybridized carbons (Fsp3) is 0.429. The van der Waals surface area contributed by atoms with Crippen molar-refractivity contribution in [2.75, 3.05) is 0 Å². The van der Waals surface area contributed by atoms with Crippen LogP contribution in [0.5, 0.6) is 0 Å². The predicted octanol–water partition coefficient (Wildman–Crippen LogP) is 5.64. The first-order valence-corrected chi connectivity index (χ1v) is 12.8. The molecule has 0 bridgehead atoms. The van der Waals surface area contributed by atoms with Gasteiger partial charge in [-0.25, -0.2) is 4.79 Å². The number of imidazole rings is 1. The Labute approximate surface area is 206 Å². The maximum absolute atomic E-state index is 13.5. The Morgan fingerprint density at radius 1 is 1.00 bits per heavy atom. The molecular formula is C28H34N6O. The molecule has 2 aromatic carbocycles. The molecule has 0 radical (unpaired) electrons. The van der Waals surface area contributed by atoms with E-state index in [9.17, 15) is 4.79 Å². The number of benzene rings is 2. The second-order valence-electron chi connectivity index (χ2n) is 10.1. The third kappa shape index (κ3) is 5.14. The van der Waals surface area contributed by atoms with Crippen LogP contribution in [-0.2, 0) is 13.0 Å². The summed E-state index contributed by atoms with van der Waals surface area (Å²) in [6.07, 6.45) is 10.1. The van der Waals surface area contributed by atoms with Crippen molar-refractivity contribution in [2.45, 2.75) is 71.4 Å². The Hall–Kier alpha value is -3.48. The van der Waals surface area contributed by atoms with Crippen LogP contribution in [-0.4, -0.2) is 29.8 Å². The molecule has 1 aliphatic carbocycles. The first-order valence-electron chi connectivity index (χ1n) is 12.8. The first-order chi connectivity index (χ1) is 17.1. The molecule has 4 aromatic rings. The van der Waals surface area contributed by atoms with Gasteiger partial charge in [-0.1, -0.05) is 81.6 Å². The number of H-pyrrole nitrogens is 1. The van der Waals surface area contributed by atoms with Gasteiger partial charge < -0.3 is 0 Å². The monoisotopic (exact) mass is 470 g/mol. The van der Waals surface area contributed by atoms with E-state index in [1.165, 1.54) is 19.3 Å². The minimum absolute atomic E-state index is 0.141. The molecule has 0 unspecified atom stereocenters. The quantitative estimate of drug-likeness (QED) is 0.361. The van der Waals surface area contributed by atoms with E-state index in [4.69, 9.17) is 0 Å². The van der Waals surface area contributed by atoms with Crippen LogP contribution in [0.3, 0.4) is 0 Å². The maximum atomic E-state index is 13.5. The number of tetrazole rings is 1. The van der Waals surface area contributed by atoms with E-state index in [1.807, 2.05) is 27.3 Å². The van der Waals surface area contributed by atoms with Crippen LogP contribution in [0.1, 0.15) is 69.7 Å². The number of aryl methyl sites for hydroxylation is 1. The number of aromatic nitrogens is 6. The van der Waals surface area contributed by atoms with Crippen molar-refractivity contribution in [3.8, 4) is 22.5 Å². The van der Waals surface area contributed by atoms with Gasteiger partial charge in [0.1, 0.15) is 0 Å². The van der Waals surface area contributed by atoms with E-state index in [-0.39, 0.29) is 5.69 Å². The van der Waals surface area contributed by atoms with Crippen LogP contribution >= 0.6 is 0 Å². The summed E-state index contributed by atoms with van der Waals surface area (Å²) in [7, 11) is 0. The van der Waals surface area contributed by atoms with Crippen molar-refractivity contribution < 1.29 is 0 Å². The number of nitrogens with zero attached hydrogens (tertiary/aromatic N) is 5. The fourth-order valence-electron chi connectivity index (χ4n) is 5.15. The van der Waals surface area contributed by atoms with Crippen LogP contribution in [0, 0.1) is 5.92 Å². The molecule has 182 valence electrons. The van der Waals surface area contributed by atoms with E-state index >= 15 is 0 Å². The summed E-state index contributed by atoms with van der Waals surface area (Å²) < 4.78 is 4.03. The highest BCUT2D eigenvalue weighted by Crippen LogP contribution is 2.30. The summed E-state index contributed by atoms with van der Waals surface area (Å²) in [5, 5.41) is 14.5. The lowest BCUT2D eigenvalue weighted by atomic mass is 9.95. The van der Waals surface area contributed by atoms with E-state index in [0.717, 1.165) is 53.6 Å². The number of hydrogen-bond acceptors (Lipinski definition) is 4. The van der Waals surface area contributed by atoms with Crippen molar-refractivity contribution in [2.24, 2.45) is 5.92 Å². The molecule has 2 aromatic heterocycles. The van der Waals surface area contributed by atoms with Crippen molar-refractivity contribution in [3.63, 3.8) is 0 Å². The van der Waals surface area contributed by atoms with Crippen LogP contribution in [0.4, 0.5) is 0 Å². The second-order valence-corrected chi connectivity index (χ2v) is 10.1. The average molecular weight is 471 g/mol. The van der Waals surface area contributed by atoms with E-state index < -0.39 is 0 Å². The van der Waals surface area contributed by atoms with Gasteiger partial charge in [-0.05, 0) is 53.5 Å². The summed E-state index contributed by atoms with van der Waals surface area (Å²) >= 11 is 0. The summed E-state index contributed by atoms with van der Waals surface area (Å²) in [5.74, 6) is 1.19. The smallest absolute Gasteiger partial charge is 0.296 e. The van der Waals surface area contributed by atoms with Gasteiger partial charge in [-0.15, -0.1) is 10.2 Å². The Kier molecular flexibility index (Phi) is 6.93. The highest BCUT2D eigenvalue weighted by molar-refractivity contribution is 5.80. The van der Waals surface area contributed by atoms with E-state index in [0.29, 0.717) is 24.3 Å². The lowest BCUT2D eigenvalue weighted by molar-refractivity contribution is 0.344. The van der Waals surface area contributed by atoms with Crippen molar-refractivity contribution in [3.05, 3.63) is 76.5 Å². The summed E-state index contributed by atoms with van der Waals surface area (Å²) in [6, 6.07) is 16.9. The van der Waals surface area contributed by atoms with Crippen LogP contribution in [0.2, 0.25) is 0 Å². The Morgan fingerprint density at radius 3 is 2.43 bits per heavy atom. The molecule has 35 heavy (non-hydrogen) atoms. The number of aromatic amines is 1. The number of nitrogens with one attached hydrogen (secondary N) is 1. The lowest BCUT2D eigenvalue weighted by Gasteiger charge is -2.22. The number of rotatable bonds is 8.